The molecule has 270 valence electrons. The molecule has 2 saturated heterocycles. The minimum atomic E-state index is -0.777. The van der Waals surface area contributed by atoms with E-state index in [9.17, 15) is 28.4 Å². The fourth-order valence-corrected chi connectivity index (χ4v) is 6.95. The molecule has 5 rings (SSSR count). The summed E-state index contributed by atoms with van der Waals surface area (Å²) in [7, 11) is 3.04. The molecule has 2 fully saturated rings. The van der Waals surface area contributed by atoms with Gasteiger partial charge in [0.25, 0.3) is 11.8 Å². The molecule has 12 nitrogen and oxygen atoms in total. The van der Waals surface area contributed by atoms with Gasteiger partial charge in [0, 0.05) is 56.3 Å². The average molecular weight is 694 g/mol. The molecule has 50 heavy (non-hydrogen) atoms. The van der Waals surface area contributed by atoms with Gasteiger partial charge in [0.2, 0.25) is 17.7 Å². The molecule has 3 aliphatic heterocycles. The number of halogens is 1. The molecule has 0 radical (unpaired) electrons. The Kier molecular flexibility index (Phi) is 12.0. The summed E-state index contributed by atoms with van der Waals surface area (Å²) >= 11 is 0. The van der Waals surface area contributed by atoms with E-state index in [-0.39, 0.29) is 48.2 Å². The Morgan fingerprint density at radius 3 is 2.26 bits per heavy atom. The number of carbonyl (C=O) groups excluding carboxylic acids is 5. The van der Waals surface area contributed by atoms with Crippen LogP contribution < -0.4 is 20.1 Å². The van der Waals surface area contributed by atoms with Gasteiger partial charge < -0.3 is 34.8 Å². The van der Waals surface area contributed by atoms with Crippen LogP contribution in [0.25, 0.3) is 0 Å². The second-order valence-electron chi connectivity index (χ2n) is 13.7. The highest BCUT2D eigenvalue weighted by Gasteiger charge is 2.38. The number of nitrogens with one attached hydrogen (secondary N) is 2. The standard InChI is InChI=1S/C37H48FN5O7/c1-23(2)31-21-42(35(46)25-11-15-41(16-12-25)36(47)26-18-27(49-3)20-28(19-26)50-4)22-33(44)39-13-5-7-24-9-10-30(38)29(17-24)37(48)43-14-6-8-32(43)34(45)40-31/h9-10,17-20,23,25,31-32H,5-8,11-16,21-22H2,1-4H3,(H,39,44)(H,40,45)/t31-,32-/m0/s1. The van der Waals surface area contributed by atoms with E-state index in [1.807, 2.05) is 13.8 Å². The summed E-state index contributed by atoms with van der Waals surface area (Å²) in [5.74, 6) is -1.79. The molecule has 2 bridgehead atoms. The SMILES string of the molecule is COc1cc(OC)cc(C(=O)N2CCC(C(=O)N3CC(=O)NCCCc4ccc(F)c(c4)C(=O)N4CCC[C@H]4C(=O)N[C@H](C(C)C)C3)CC2)c1. The Morgan fingerprint density at radius 1 is 0.900 bits per heavy atom. The van der Waals surface area contributed by atoms with Crippen molar-refractivity contribution in [1.29, 1.82) is 0 Å². The van der Waals surface area contributed by atoms with Crippen LogP contribution in [-0.4, -0.2) is 110 Å². The fraction of sp³-hybridized carbons (Fsp3) is 0.541. The first kappa shape index (κ1) is 36.6. The van der Waals surface area contributed by atoms with E-state index in [4.69, 9.17) is 9.47 Å². The van der Waals surface area contributed by atoms with Gasteiger partial charge in [-0.3, -0.25) is 24.0 Å². The van der Waals surface area contributed by atoms with E-state index >= 15 is 0 Å². The van der Waals surface area contributed by atoms with Crippen LogP contribution in [0.1, 0.15) is 72.2 Å². The summed E-state index contributed by atoms with van der Waals surface area (Å²) in [4.78, 5) is 72.7. The van der Waals surface area contributed by atoms with E-state index in [0.29, 0.717) is 81.8 Å². The van der Waals surface area contributed by atoms with Crippen molar-refractivity contribution in [3.05, 3.63) is 58.9 Å². The first-order valence-electron chi connectivity index (χ1n) is 17.5. The first-order chi connectivity index (χ1) is 24.0. The fourth-order valence-electron chi connectivity index (χ4n) is 6.95. The van der Waals surface area contributed by atoms with Gasteiger partial charge in [0.15, 0.2) is 0 Å². The van der Waals surface area contributed by atoms with Crippen molar-refractivity contribution in [2.24, 2.45) is 11.8 Å². The van der Waals surface area contributed by atoms with Crippen molar-refractivity contribution in [3.8, 4) is 11.5 Å². The Hall–Kier alpha value is -4.68. The molecule has 2 aromatic rings. The van der Waals surface area contributed by atoms with Crippen LogP contribution in [-0.2, 0) is 20.8 Å². The molecule has 13 heteroatoms. The minimum Gasteiger partial charge on any atom is -0.497 e. The van der Waals surface area contributed by atoms with Crippen molar-refractivity contribution in [2.75, 3.05) is 53.5 Å². The summed E-state index contributed by atoms with van der Waals surface area (Å²) in [5.41, 5.74) is 1.11. The predicted molar refractivity (Wildman–Crippen MR) is 183 cm³/mol. The van der Waals surface area contributed by atoms with Gasteiger partial charge in [-0.1, -0.05) is 19.9 Å². The lowest BCUT2D eigenvalue weighted by Gasteiger charge is -2.36. The third-order valence-electron chi connectivity index (χ3n) is 9.97. The Balaban J connectivity index is 1.32. The number of nitrogens with zero attached hydrogens (tertiary/aromatic N) is 3. The third kappa shape index (κ3) is 8.54. The van der Waals surface area contributed by atoms with Crippen LogP contribution in [0.15, 0.2) is 36.4 Å². The molecule has 0 saturated carbocycles. The third-order valence-corrected chi connectivity index (χ3v) is 9.97. The second kappa shape index (κ2) is 16.4. The zero-order valence-corrected chi connectivity index (χ0v) is 29.3. The Morgan fingerprint density at radius 2 is 1.60 bits per heavy atom. The van der Waals surface area contributed by atoms with Crippen molar-refractivity contribution >= 4 is 29.5 Å². The number of methoxy groups -OCH3 is 2. The predicted octanol–water partition coefficient (Wildman–Crippen LogP) is 3.03. The number of carbonyl (C=O) groups is 5. The first-order valence-corrected chi connectivity index (χ1v) is 17.5. The number of piperidine rings is 1. The highest BCUT2D eigenvalue weighted by atomic mass is 19.1. The van der Waals surface area contributed by atoms with Gasteiger partial charge in [-0.25, -0.2) is 4.39 Å². The average Bonchev–Trinajstić information content (AvgIpc) is 3.62. The van der Waals surface area contributed by atoms with E-state index in [2.05, 4.69) is 10.6 Å². The maximum Gasteiger partial charge on any atom is 0.257 e. The molecule has 2 aromatic carbocycles. The number of rotatable bonds is 5. The molecule has 5 amide bonds. The van der Waals surface area contributed by atoms with Gasteiger partial charge in [0.1, 0.15) is 23.4 Å². The number of fused-ring (bicyclic) bond motifs is 3. The van der Waals surface area contributed by atoms with Crippen LogP contribution in [0.5, 0.6) is 11.5 Å². The lowest BCUT2D eigenvalue weighted by Crippen LogP contribution is -2.56. The summed E-state index contributed by atoms with van der Waals surface area (Å²) in [5, 5.41) is 5.95. The number of aryl methyl sites for hydroxylation is 1. The van der Waals surface area contributed by atoms with Crippen LogP contribution in [0.2, 0.25) is 0 Å². The molecular formula is C37H48FN5O7. The van der Waals surface area contributed by atoms with Crippen LogP contribution in [0, 0.1) is 17.7 Å². The van der Waals surface area contributed by atoms with Crippen molar-refractivity contribution in [2.45, 2.75) is 64.5 Å². The molecule has 2 atom stereocenters. The summed E-state index contributed by atoms with van der Waals surface area (Å²) < 4.78 is 25.5. The number of benzene rings is 2. The van der Waals surface area contributed by atoms with Crippen LogP contribution >= 0.6 is 0 Å². The maximum absolute atomic E-state index is 14.9. The smallest absolute Gasteiger partial charge is 0.257 e. The monoisotopic (exact) mass is 693 g/mol. The summed E-state index contributed by atoms with van der Waals surface area (Å²) in [6.07, 6.45) is 2.92. The van der Waals surface area contributed by atoms with Gasteiger partial charge in [-0.2, -0.15) is 0 Å². The number of hydrogen-bond donors (Lipinski definition) is 2. The zero-order chi connectivity index (χ0) is 35.9. The second-order valence-corrected chi connectivity index (χ2v) is 13.7. The molecule has 0 aromatic heterocycles. The minimum absolute atomic E-state index is 0.0660. The Labute approximate surface area is 292 Å². The van der Waals surface area contributed by atoms with Gasteiger partial charge in [0.05, 0.1) is 26.3 Å². The van der Waals surface area contributed by atoms with Crippen molar-refractivity contribution < 1.29 is 37.8 Å². The number of amides is 5. The molecule has 0 spiro atoms. The van der Waals surface area contributed by atoms with E-state index in [1.165, 1.54) is 36.2 Å². The van der Waals surface area contributed by atoms with Gasteiger partial charge >= 0.3 is 0 Å². The van der Waals surface area contributed by atoms with E-state index in [1.54, 1.807) is 29.2 Å². The highest BCUT2D eigenvalue weighted by molar-refractivity contribution is 5.98. The normalized spacial score (nSPS) is 21.3. The molecular weight excluding hydrogens is 645 g/mol. The van der Waals surface area contributed by atoms with Gasteiger partial charge in [-0.15, -0.1) is 0 Å². The molecule has 3 aliphatic rings. The Bertz CT molecular complexity index is 1570. The summed E-state index contributed by atoms with van der Waals surface area (Å²) in [6.45, 7) is 5.12. The number of likely N-dealkylation sites (tertiary alicyclic amines) is 1. The lowest BCUT2D eigenvalue weighted by molar-refractivity contribution is -0.141. The largest absolute Gasteiger partial charge is 0.497 e. The molecule has 0 unspecified atom stereocenters. The van der Waals surface area contributed by atoms with Crippen molar-refractivity contribution in [1.82, 2.24) is 25.3 Å². The van der Waals surface area contributed by atoms with E-state index in [0.717, 1.165) is 5.56 Å². The highest BCUT2D eigenvalue weighted by Crippen LogP contribution is 2.27. The quantitative estimate of drug-likeness (QED) is 0.492. The van der Waals surface area contributed by atoms with E-state index < -0.39 is 29.7 Å². The zero-order valence-electron chi connectivity index (χ0n) is 29.3. The molecule has 3 heterocycles. The number of ether oxygens (including phenoxy) is 2. The van der Waals surface area contributed by atoms with Crippen molar-refractivity contribution in [3.63, 3.8) is 0 Å². The number of hydrogen-bond acceptors (Lipinski definition) is 7. The lowest BCUT2D eigenvalue weighted by atomic mass is 9.93. The topological polar surface area (TPSA) is 138 Å². The van der Waals surface area contributed by atoms with Gasteiger partial charge in [-0.05, 0) is 74.3 Å². The molecule has 2 N–H and O–H groups in total. The summed E-state index contributed by atoms with van der Waals surface area (Å²) in [6, 6.07) is 8.14. The van der Waals surface area contributed by atoms with Crippen LogP contribution in [0.3, 0.4) is 0 Å². The van der Waals surface area contributed by atoms with Crippen LogP contribution in [0.4, 0.5) is 4.39 Å². The molecule has 0 aliphatic carbocycles. The maximum atomic E-state index is 14.9.